The summed E-state index contributed by atoms with van der Waals surface area (Å²) in [6.45, 7) is 6.15. The first-order valence-corrected chi connectivity index (χ1v) is 6.48. The summed E-state index contributed by atoms with van der Waals surface area (Å²) in [7, 11) is 0. The van der Waals surface area contributed by atoms with Gasteiger partial charge in [-0.3, -0.25) is 9.59 Å². The maximum absolute atomic E-state index is 11.1. The van der Waals surface area contributed by atoms with Gasteiger partial charge in [0.15, 0.2) is 0 Å². The molecule has 0 unspecified atom stereocenters. The predicted octanol–water partition coefficient (Wildman–Crippen LogP) is 1.90. The third kappa shape index (κ3) is 5.24. The zero-order valence-corrected chi connectivity index (χ0v) is 12.4. The number of amides is 1. The van der Waals surface area contributed by atoms with Gasteiger partial charge in [-0.15, -0.1) is 6.58 Å². The summed E-state index contributed by atoms with van der Waals surface area (Å²) in [5.74, 6) is -1.78. The van der Waals surface area contributed by atoms with Crippen LogP contribution < -0.4 is 10.1 Å². The fourth-order valence-corrected chi connectivity index (χ4v) is 1.77. The number of carboxylic acids is 1. The summed E-state index contributed by atoms with van der Waals surface area (Å²) >= 11 is 0. The van der Waals surface area contributed by atoms with E-state index in [1.807, 2.05) is 0 Å². The van der Waals surface area contributed by atoms with Crippen LogP contribution in [0.2, 0.25) is 0 Å². The van der Waals surface area contributed by atoms with E-state index in [0.29, 0.717) is 23.3 Å². The van der Waals surface area contributed by atoms with Gasteiger partial charge in [-0.1, -0.05) is 12.1 Å². The summed E-state index contributed by atoms with van der Waals surface area (Å²) < 4.78 is 5.08. The van der Waals surface area contributed by atoms with Crippen molar-refractivity contribution in [3.63, 3.8) is 0 Å². The van der Waals surface area contributed by atoms with Crippen LogP contribution in [0.15, 0.2) is 36.6 Å². The fourth-order valence-electron chi connectivity index (χ4n) is 1.77. The third-order valence-corrected chi connectivity index (χ3v) is 2.55. The number of ether oxygens (including phenoxy) is 1. The van der Waals surface area contributed by atoms with Crippen molar-refractivity contribution >= 4 is 23.9 Å². The van der Waals surface area contributed by atoms with Gasteiger partial charge < -0.3 is 15.2 Å². The molecule has 0 heterocycles. The van der Waals surface area contributed by atoms with E-state index in [0.717, 1.165) is 0 Å². The summed E-state index contributed by atoms with van der Waals surface area (Å²) in [5, 5.41) is 11.3. The Morgan fingerprint density at radius 3 is 2.50 bits per heavy atom. The molecule has 0 saturated carbocycles. The molecule has 0 aliphatic carbocycles. The van der Waals surface area contributed by atoms with E-state index in [2.05, 4.69) is 11.9 Å². The number of carbonyl (C=O) groups excluding carboxylic acids is 2. The van der Waals surface area contributed by atoms with Gasteiger partial charge in [-0.25, -0.2) is 4.79 Å². The topological polar surface area (TPSA) is 92.7 Å². The maximum atomic E-state index is 11.1. The van der Waals surface area contributed by atoms with Gasteiger partial charge in [0.1, 0.15) is 11.4 Å². The average Bonchev–Trinajstić information content (AvgIpc) is 2.40. The highest BCUT2D eigenvalue weighted by molar-refractivity contribution is 5.96. The molecule has 0 atom stereocenters. The molecule has 0 aromatic heterocycles. The standard InChI is InChI=1S/C16H17NO5/c1-4-5-13-8-12(6-7-15(13)22-11(3)19)9-14(16(20)21)17-10(2)18/h4,6-9H,1,5H2,2-3H3,(H,17,18)(H,20,21). The second-order valence-corrected chi connectivity index (χ2v) is 4.50. The summed E-state index contributed by atoms with van der Waals surface area (Å²) in [6, 6.07) is 4.83. The van der Waals surface area contributed by atoms with Gasteiger partial charge in [0.25, 0.3) is 0 Å². The summed E-state index contributed by atoms with van der Waals surface area (Å²) in [4.78, 5) is 33.2. The van der Waals surface area contributed by atoms with E-state index in [9.17, 15) is 14.4 Å². The Bertz CT molecular complexity index is 646. The number of hydrogen-bond donors (Lipinski definition) is 2. The van der Waals surface area contributed by atoms with Crippen molar-refractivity contribution < 1.29 is 24.2 Å². The van der Waals surface area contributed by atoms with Gasteiger partial charge in [0.05, 0.1) is 0 Å². The number of carbonyl (C=O) groups is 3. The number of esters is 1. The van der Waals surface area contributed by atoms with E-state index in [4.69, 9.17) is 9.84 Å². The smallest absolute Gasteiger partial charge is 0.352 e. The first-order valence-electron chi connectivity index (χ1n) is 6.48. The molecule has 0 spiro atoms. The van der Waals surface area contributed by atoms with Crippen LogP contribution in [0.3, 0.4) is 0 Å². The Kier molecular flexibility index (Phi) is 6.07. The molecule has 116 valence electrons. The van der Waals surface area contributed by atoms with Crippen LogP contribution in [0.5, 0.6) is 5.75 Å². The Balaban J connectivity index is 3.21. The number of nitrogens with one attached hydrogen (secondary N) is 1. The van der Waals surface area contributed by atoms with Crippen molar-refractivity contribution in [2.75, 3.05) is 0 Å². The van der Waals surface area contributed by atoms with Crippen LogP contribution >= 0.6 is 0 Å². The zero-order valence-electron chi connectivity index (χ0n) is 12.4. The van der Waals surface area contributed by atoms with Crippen molar-refractivity contribution in [1.29, 1.82) is 0 Å². The van der Waals surface area contributed by atoms with E-state index in [-0.39, 0.29) is 5.70 Å². The van der Waals surface area contributed by atoms with Gasteiger partial charge in [0, 0.05) is 13.8 Å². The lowest BCUT2D eigenvalue weighted by atomic mass is 10.1. The van der Waals surface area contributed by atoms with Gasteiger partial charge in [-0.05, 0) is 35.8 Å². The molecular formula is C16H17NO5. The SMILES string of the molecule is C=CCc1cc(C=C(NC(C)=O)C(=O)O)ccc1OC(C)=O. The molecule has 0 aliphatic heterocycles. The van der Waals surface area contributed by atoms with Crippen LogP contribution in [0, 0.1) is 0 Å². The van der Waals surface area contributed by atoms with Crippen LogP contribution in [-0.2, 0) is 20.8 Å². The molecule has 1 aromatic rings. The second-order valence-electron chi connectivity index (χ2n) is 4.50. The highest BCUT2D eigenvalue weighted by Crippen LogP contribution is 2.22. The first-order chi connectivity index (χ1) is 10.3. The lowest BCUT2D eigenvalue weighted by Gasteiger charge is -2.09. The van der Waals surface area contributed by atoms with Crippen LogP contribution in [-0.4, -0.2) is 23.0 Å². The molecule has 6 heteroatoms. The highest BCUT2D eigenvalue weighted by atomic mass is 16.5. The van der Waals surface area contributed by atoms with Crippen molar-refractivity contribution in [3.05, 3.63) is 47.7 Å². The van der Waals surface area contributed by atoms with Crippen molar-refractivity contribution in [2.24, 2.45) is 0 Å². The van der Waals surface area contributed by atoms with Crippen molar-refractivity contribution in [1.82, 2.24) is 5.32 Å². The van der Waals surface area contributed by atoms with Gasteiger partial charge >= 0.3 is 11.9 Å². The Labute approximate surface area is 128 Å². The number of carboxylic acid groups (broad SMARTS) is 1. The molecule has 22 heavy (non-hydrogen) atoms. The molecule has 0 saturated heterocycles. The predicted molar refractivity (Wildman–Crippen MR) is 81.1 cm³/mol. The van der Waals surface area contributed by atoms with Crippen molar-refractivity contribution in [3.8, 4) is 5.75 Å². The average molecular weight is 303 g/mol. The molecule has 0 radical (unpaired) electrons. The quantitative estimate of drug-likeness (QED) is 0.362. The monoisotopic (exact) mass is 303 g/mol. The maximum Gasteiger partial charge on any atom is 0.352 e. The highest BCUT2D eigenvalue weighted by Gasteiger charge is 2.11. The lowest BCUT2D eigenvalue weighted by Crippen LogP contribution is -2.24. The largest absolute Gasteiger partial charge is 0.477 e. The van der Waals surface area contributed by atoms with E-state index < -0.39 is 17.8 Å². The molecular weight excluding hydrogens is 286 g/mol. The molecule has 0 bridgehead atoms. The normalized spacial score (nSPS) is 10.7. The van der Waals surface area contributed by atoms with E-state index in [1.165, 1.54) is 19.9 Å². The number of hydrogen-bond acceptors (Lipinski definition) is 4. The van der Waals surface area contributed by atoms with Gasteiger partial charge in [-0.2, -0.15) is 0 Å². The lowest BCUT2D eigenvalue weighted by molar-refractivity contribution is -0.134. The molecule has 1 amide bonds. The Morgan fingerprint density at radius 1 is 1.32 bits per heavy atom. The van der Waals surface area contributed by atoms with Crippen LogP contribution in [0.1, 0.15) is 25.0 Å². The summed E-state index contributed by atoms with van der Waals surface area (Å²) in [5.41, 5.74) is 1.00. The Hall–Kier alpha value is -2.89. The number of rotatable bonds is 6. The first kappa shape index (κ1) is 17.2. The second kappa shape index (κ2) is 7.78. The summed E-state index contributed by atoms with van der Waals surface area (Å²) in [6.07, 6.45) is 3.42. The molecule has 0 fully saturated rings. The van der Waals surface area contributed by atoms with Crippen molar-refractivity contribution in [2.45, 2.75) is 20.3 Å². The minimum Gasteiger partial charge on any atom is -0.477 e. The minimum absolute atomic E-state index is 0.239. The third-order valence-electron chi connectivity index (χ3n) is 2.55. The van der Waals surface area contributed by atoms with E-state index >= 15 is 0 Å². The number of benzene rings is 1. The number of aliphatic carboxylic acids is 1. The molecule has 1 aromatic carbocycles. The zero-order chi connectivity index (χ0) is 16.7. The van der Waals surface area contributed by atoms with Crippen LogP contribution in [0.25, 0.3) is 6.08 Å². The minimum atomic E-state index is -1.25. The molecule has 2 N–H and O–H groups in total. The number of allylic oxidation sites excluding steroid dienone is 1. The molecule has 0 aliphatic rings. The van der Waals surface area contributed by atoms with Crippen LogP contribution in [0.4, 0.5) is 0 Å². The van der Waals surface area contributed by atoms with Gasteiger partial charge in [0.2, 0.25) is 5.91 Å². The fraction of sp³-hybridized carbons (Fsp3) is 0.188. The van der Waals surface area contributed by atoms with E-state index in [1.54, 1.807) is 24.3 Å². The Morgan fingerprint density at radius 2 is 2.00 bits per heavy atom. The molecule has 6 nitrogen and oxygen atoms in total. The molecule has 1 rings (SSSR count).